The van der Waals surface area contributed by atoms with Crippen molar-refractivity contribution in [2.45, 2.75) is 64.5 Å². The van der Waals surface area contributed by atoms with Crippen LogP contribution >= 0.6 is 0 Å². The average molecular weight is 556 g/mol. The Kier molecular flexibility index (Phi) is 9.82. The molecule has 12 heteroatoms. The van der Waals surface area contributed by atoms with Gasteiger partial charge in [0.2, 0.25) is 11.9 Å². The fourth-order valence-corrected chi connectivity index (χ4v) is 4.24. The lowest BCUT2D eigenvalue weighted by atomic mass is 9.86. The standard InChI is InChI=1S/C28H29NO11/c1-16(30)35-15-24-25(37-17(2)31)26(38-18(3)32)27(39-19(4)33)28(34,40-24)22-11-10-20(13-29)21(12-22)14-36-23-8-6-5-7-9-23/h5-12,24-27,34H,14-15H2,1-4H3/t24-,25-,26+,27-,28+/m1/s1. The van der Waals surface area contributed by atoms with Crippen molar-refractivity contribution in [1.82, 2.24) is 0 Å². The monoisotopic (exact) mass is 555 g/mol. The number of carbonyl (C=O) groups is 4. The van der Waals surface area contributed by atoms with Crippen molar-refractivity contribution in [3.8, 4) is 11.8 Å². The number of hydrogen-bond acceptors (Lipinski definition) is 12. The van der Waals surface area contributed by atoms with Gasteiger partial charge < -0.3 is 33.5 Å². The van der Waals surface area contributed by atoms with Crippen LogP contribution in [-0.2, 0) is 55.3 Å². The Morgan fingerprint density at radius 2 is 1.52 bits per heavy atom. The highest BCUT2D eigenvalue weighted by molar-refractivity contribution is 5.69. The van der Waals surface area contributed by atoms with E-state index in [9.17, 15) is 29.5 Å². The van der Waals surface area contributed by atoms with Gasteiger partial charge in [0.1, 0.15) is 25.1 Å². The maximum atomic E-state index is 12.1. The van der Waals surface area contributed by atoms with Crippen molar-refractivity contribution < 1.29 is 52.7 Å². The molecule has 5 atom stereocenters. The highest BCUT2D eigenvalue weighted by Crippen LogP contribution is 2.41. The SMILES string of the molecule is CC(=O)OC[C@H]1O[C@@](O)(c2ccc(C#N)c(COc3ccccc3)c2)[C@H](OC(C)=O)[C@@H](OC(C)=O)[C@@H]1OC(C)=O. The molecule has 0 spiro atoms. The molecule has 0 bridgehead atoms. The number of nitriles is 1. The summed E-state index contributed by atoms with van der Waals surface area (Å²) in [4.78, 5) is 47.8. The summed E-state index contributed by atoms with van der Waals surface area (Å²) in [5, 5.41) is 21.7. The first-order chi connectivity index (χ1) is 18.9. The fourth-order valence-electron chi connectivity index (χ4n) is 4.24. The molecule has 0 amide bonds. The molecule has 1 aliphatic heterocycles. The first-order valence-electron chi connectivity index (χ1n) is 12.2. The molecule has 1 N–H and O–H groups in total. The molecule has 0 unspecified atom stereocenters. The Labute approximate surface area is 230 Å². The number of nitrogens with zero attached hydrogens (tertiary/aromatic N) is 1. The van der Waals surface area contributed by atoms with Gasteiger partial charge in [-0.05, 0) is 24.3 Å². The molecule has 0 saturated carbocycles. The Balaban J connectivity index is 2.12. The van der Waals surface area contributed by atoms with E-state index in [1.165, 1.54) is 18.2 Å². The maximum absolute atomic E-state index is 12.1. The van der Waals surface area contributed by atoms with E-state index in [0.717, 1.165) is 27.7 Å². The Hall–Kier alpha value is -4.47. The van der Waals surface area contributed by atoms with Crippen molar-refractivity contribution in [3.63, 3.8) is 0 Å². The predicted octanol–water partition coefficient (Wildman–Crippen LogP) is 2.04. The van der Waals surface area contributed by atoms with E-state index < -0.39 is 60.7 Å². The summed E-state index contributed by atoms with van der Waals surface area (Å²) in [7, 11) is 0. The molecule has 1 saturated heterocycles. The lowest BCUT2D eigenvalue weighted by Crippen LogP contribution is -2.66. The molecule has 1 aliphatic rings. The third-order valence-corrected chi connectivity index (χ3v) is 5.83. The van der Waals surface area contributed by atoms with E-state index in [0.29, 0.717) is 11.3 Å². The highest BCUT2D eigenvalue weighted by Gasteiger charge is 2.60. The molecule has 2 aromatic carbocycles. The number of rotatable bonds is 9. The van der Waals surface area contributed by atoms with Gasteiger partial charge >= 0.3 is 23.9 Å². The van der Waals surface area contributed by atoms with E-state index in [1.807, 2.05) is 6.07 Å². The fraction of sp³-hybridized carbons (Fsp3) is 0.393. The zero-order valence-corrected chi connectivity index (χ0v) is 22.3. The van der Waals surface area contributed by atoms with Gasteiger partial charge in [-0.25, -0.2) is 0 Å². The maximum Gasteiger partial charge on any atom is 0.303 e. The molecule has 2 aromatic rings. The van der Waals surface area contributed by atoms with Gasteiger partial charge in [0.05, 0.1) is 11.6 Å². The number of carbonyl (C=O) groups excluding carboxylic acids is 4. The highest BCUT2D eigenvalue weighted by atomic mass is 16.7. The number of para-hydroxylation sites is 1. The number of esters is 4. The minimum absolute atomic E-state index is 0.00402. The van der Waals surface area contributed by atoms with E-state index in [2.05, 4.69) is 6.07 Å². The Morgan fingerprint density at radius 1 is 0.900 bits per heavy atom. The van der Waals surface area contributed by atoms with Crippen LogP contribution in [0.25, 0.3) is 0 Å². The second-order valence-electron chi connectivity index (χ2n) is 8.92. The summed E-state index contributed by atoms with van der Waals surface area (Å²) in [5.74, 6) is -5.20. The normalized spacial score (nSPS) is 23.7. The summed E-state index contributed by atoms with van der Waals surface area (Å²) in [6.45, 7) is 3.78. The van der Waals surface area contributed by atoms with Crippen molar-refractivity contribution >= 4 is 23.9 Å². The second-order valence-corrected chi connectivity index (χ2v) is 8.92. The van der Waals surface area contributed by atoms with Crippen LogP contribution in [0.2, 0.25) is 0 Å². The van der Waals surface area contributed by atoms with Crippen molar-refractivity contribution in [1.29, 1.82) is 5.26 Å². The first kappa shape index (κ1) is 30.1. The van der Waals surface area contributed by atoms with Gasteiger partial charge in [-0.15, -0.1) is 0 Å². The predicted molar refractivity (Wildman–Crippen MR) is 134 cm³/mol. The number of hydrogen-bond donors (Lipinski definition) is 1. The molecule has 1 fully saturated rings. The van der Waals surface area contributed by atoms with Crippen molar-refractivity contribution in [2.75, 3.05) is 6.61 Å². The zero-order chi connectivity index (χ0) is 29.4. The van der Waals surface area contributed by atoms with E-state index in [-0.39, 0.29) is 17.7 Å². The molecule has 0 aromatic heterocycles. The first-order valence-corrected chi connectivity index (χ1v) is 12.2. The van der Waals surface area contributed by atoms with Crippen LogP contribution in [0.5, 0.6) is 5.75 Å². The second kappa shape index (κ2) is 13.1. The molecule has 1 heterocycles. The third-order valence-electron chi connectivity index (χ3n) is 5.83. The smallest absolute Gasteiger partial charge is 0.303 e. The van der Waals surface area contributed by atoms with Crippen LogP contribution in [0.3, 0.4) is 0 Å². The van der Waals surface area contributed by atoms with Gasteiger partial charge in [-0.2, -0.15) is 5.26 Å². The van der Waals surface area contributed by atoms with E-state index in [1.54, 1.807) is 24.3 Å². The molecule has 40 heavy (non-hydrogen) atoms. The largest absolute Gasteiger partial charge is 0.489 e. The molecule has 3 rings (SSSR count). The van der Waals surface area contributed by atoms with Crippen LogP contribution in [0.4, 0.5) is 0 Å². The van der Waals surface area contributed by atoms with Gasteiger partial charge in [-0.1, -0.05) is 24.3 Å². The molecule has 212 valence electrons. The topological polar surface area (TPSA) is 168 Å². The lowest BCUT2D eigenvalue weighted by molar-refractivity contribution is -0.360. The van der Waals surface area contributed by atoms with Crippen LogP contribution in [0.1, 0.15) is 44.4 Å². The lowest BCUT2D eigenvalue weighted by Gasteiger charge is -2.48. The third kappa shape index (κ3) is 7.34. The summed E-state index contributed by atoms with van der Waals surface area (Å²) in [6.07, 6.45) is -6.13. The van der Waals surface area contributed by atoms with Crippen LogP contribution in [0.15, 0.2) is 48.5 Å². The van der Waals surface area contributed by atoms with E-state index in [4.69, 9.17) is 28.4 Å². The van der Waals surface area contributed by atoms with Crippen LogP contribution in [0, 0.1) is 11.3 Å². The quantitative estimate of drug-likeness (QED) is 0.354. The molecule has 0 aliphatic carbocycles. The average Bonchev–Trinajstić information content (AvgIpc) is 2.89. The molecular formula is C28H29NO11. The van der Waals surface area contributed by atoms with Gasteiger partial charge in [0, 0.05) is 38.8 Å². The Bertz CT molecular complexity index is 1290. The Morgan fingerprint density at radius 3 is 2.10 bits per heavy atom. The summed E-state index contributed by atoms with van der Waals surface area (Å²) < 4.78 is 32.9. The van der Waals surface area contributed by atoms with Crippen molar-refractivity contribution in [2.24, 2.45) is 0 Å². The van der Waals surface area contributed by atoms with Gasteiger partial charge in [-0.3, -0.25) is 19.2 Å². The number of ether oxygens (including phenoxy) is 6. The number of aliphatic hydroxyl groups is 1. The minimum Gasteiger partial charge on any atom is -0.489 e. The molecule has 0 radical (unpaired) electrons. The summed E-state index contributed by atoms with van der Waals surface area (Å²) in [5.41, 5.74) is 0.578. The zero-order valence-electron chi connectivity index (χ0n) is 22.3. The molecule has 12 nitrogen and oxygen atoms in total. The number of benzene rings is 2. The van der Waals surface area contributed by atoms with Gasteiger partial charge in [0.25, 0.3) is 0 Å². The minimum atomic E-state index is -2.53. The van der Waals surface area contributed by atoms with Crippen LogP contribution < -0.4 is 4.74 Å². The van der Waals surface area contributed by atoms with Crippen LogP contribution in [-0.4, -0.2) is 60.0 Å². The van der Waals surface area contributed by atoms with Gasteiger partial charge in [0.15, 0.2) is 12.2 Å². The summed E-state index contributed by atoms with van der Waals surface area (Å²) >= 11 is 0. The molecular weight excluding hydrogens is 526 g/mol. The van der Waals surface area contributed by atoms with Crippen molar-refractivity contribution in [3.05, 3.63) is 65.2 Å². The summed E-state index contributed by atoms with van der Waals surface area (Å²) in [6, 6.07) is 15.0. The van der Waals surface area contributed by atoms with E-state index >= 15 is 0 Å².